The number of amides is 1. The highest BCUT2D eigenvalue weighted by atomic mass is 19.4. The highest BCUT2D eigenvalue weighted by Crippen LogP contribution is 2.48. The first kappa shape index (κ1) is 24.7. The Labute approximate surface area is 191 Å². The van der Waals surface area contributed by atoms with Crippen LogP contribution < -0.4 is 9.47 Å². The second kappa shape index (κ2) is 9.11. The number of fused-ring (bicyclic) bond motifs is 3. The largest absolute Gasteiger partial charge is 0.491 e. The van der Waals surface area contributed by atoms with Gasteiger partial charge in [-0.2, -0.15) is 13.2 Å². The second-order valence-corrected chi connectivity index (χ2v) is 9.58. The van der Waals surface area contributed by atoms with E-state index in [4.69, 9.17) is 9.47 Å². The zero-order valence-electron chi connectivity index (χ0n) is 19.3. The quantitative estimate of drug-likeness (QED) is 0.540. The van der Waals surface area contributed by atoms with Crippen molar-refractivity contribution in [2.45, 2.75) is 64.9 Å². The molecule has 0 saturated carbocycles. The Morgan fingerprint density at radius 1 is 1.21 bits per heavy atom. The van der Waals surface area contributed by atoms with Gasteiger partial charge in [0.25, 0.3) is 0 Å². The molecule has 1 unspecified atom stereocenters. The normalized spacial score (nSPS) is 16.5. The first-order chi connectivity index (χ1) is 15.3. The van der Waals surface area contributed by atoms with Crippen LogP contribution in [0.5, 0.6) is 11.5 Å². The molecule has 0 saturated heterocycles. The van der Waals surface area contributed by atoms with Crippen molar-refractivity contribution in [3.8, 4) is 22.6 Å². The number of carbonyl (C=O) groups is 1. The van der Waals surface area contributed by atoms with Crippen molar-refractivity contribution < 1.29 is 32.5 Å². The molecule has 180 valence electrons. The van der Waals surface area contributed by atoms with Gasteiger partial charge in [-0.1, -0.05) is 13.8 Å². The van der Waals surface area contributed by atoms with E-state index in [2.05, 4.69) is 4.98 Å². The van der Waals surface area contributed by atoms with Crippen molar-refractivity contribution in [1.29, 1.82) is 0 Å². The van der Waals surface area contributed by atoms with Crippen LogP contribution in [0.1, 0.15) is 52.7 Å². The summed E-state index contributed by atoms with van der Waals surface area (Å²) in [7, 11) is 0. The summed E-state index contributed by atoms with van der Waals surface area (Å²) in [6.07, 6.45) is -4.48. The number of ether oxygens (including phenoxy) is 2. The van der Waals surface area contributed by atoms with E-state index in [9.17, 15) is 23.1 Å². The van der Waals surface area contributed by atoms with Crippen molar-refractivity contribution in [2.24, 2.45) is 5.92 Å². The Kier molecular flexibility index (Phi) is 6.81. The molecule has 1 aromatic heterocycles. The molecule has 0 aliphatic carbocycles. The summed E-state index contributed by atoms with van der Waals surface area (Å²) in [4.78, 5) is 17.3. The van der Waals surface area contributed by atoms with Crippen LogP contribution in [0.15, 0.2) is 36.7 Å². The minimum atomic E-state index is -4.60. The lowest BCUT2D eigenvalue weighted by molar-refractivity contribution is -0.198. The Morgan fingerprint density at radius 3 is 2.48 bits per heavy atom. The Hall–Kier alpha value is -2.97. The molecule has 6 nitrogen and oxygen atoms in total. The maximum atomic E-state index is 13.6. The molecule has 0 fully saturated rings. The van der Waals surface area contributed by atoms with E-state index >= 15 is 0 Å². The first-order valence-electron chi connectivity index (χ1n) is 10.8. The van der Waals surface area contributed by atoms with Crippen molar-refractivity contribution in [1.82, 2.24) is 9.88 Å². The van der Waals surface area contributed by atoms with E-state index in [-0.39, 0.29) is 23.8 Å². The number of halogens is 3. The Bertz CT molecular complexity index is 1000. The second-order valence-electron chi connectivity index (χ2n) is 9.58. The van der Waals surface area contributed by atoms with E-state index in [1.807, 2.05) is 34.6 Å². The molecule has 1 aliphatic rings. The topological polar surface area (TPSA) is 71.9 Å². The standard InChI is InChI=1S/C24H29F3N2O4/c1-14(2)10-15(29(22(30)31)23(3,4)5)13-32-16-6-7-17-19-12-28-9-8-18(19)21(24(25,26)27)33-20(17)11-16/h6-9,11-12,14-15,21H,10,13H2,1-5H3,(H,30,31)/t15-,21?/m0/s1. The van der Waals surface area contributed by atoms with Gasteiger partial charge in [0.2, 0.25) is 6.10 Å². The lowest BCUT2D eigenvalue weighted by Gasteiger charge is -2.40. The highest BCUT2D eigenvalue weighted by Gasteiger charge is 2.46. The first-order valence-corrected chi connectivity index (χ1v) is 10.8. The fraction of sp³-hybridized carbons (Fsp3) is 0.500. The maximum absolute atomic E-state index is 13.6. The van der Waals surface area contributed by atoms with Gasteiger partial charge in [0.1, 0.15) is 18.1 Å². The molecule has 0 spiro atoms. The predicted molar refractivity (Wildman–Crippen MR) is 117 cm³/mol. The molecule has 1 N–H and O–H groups in total. The molecule has 1 aliphatic heterocycles. The van der Waals surface area contributed by atoms with Gasteiger partial charge in [-0.15, -0.1) is 0 Å². The zero-order chi connectivity index (χ0) is 24.6. The third kappa shape index (κ3) is 5.51. The van der Waals surface area contributed by atoms with Crippen LogP contribution in [-0.2, 0) is 0 Å². The van der Waals surface area contributed by atoms with Crippen LogP contribution in [0.2, 0.25) is 0 Å². The number of aromatic nitrogens is 1. The number of hydrogen-bond donors (Lipinski definition) is 1. The van der Waals surface area contributed by atoms with E-state index in [0.717, 1.165) is 0 Å². The minimum Gasteiger partial charge on any atom is -0.491 e. The number of hydrogen-bond acceptors (Lipinski definition) is 4. The summed E-state index contributed by atoms with van der Waals surface area (Å²) in [6.45, 7) is 9.47. The van der Waals surface area contributed by atoms with Crippen LogP contribution in [0.4, 0.5) is 18.0 Å². The molecule has 2 heterocycles. The third-order valence-corrected chi connectivity index (χ3v) is 5.40. The van der Waals surface area contributed by atoms with Crippen molar-refractivity contribution >= 4 is 6.09 Å². The molecule has 0 radical (unpaired) electrons. The summed E-state index contributed by atoms with van der Waals surface area (Å²) in [5, 5.41) is 9.78. The van der Waals surface area contributed by atoms with Crippen LogP contribution in [0.25, 0.3) is 11.1 Å². The molecule has 2 aromatic rings. The molecular weight excluding hydrogens is 437 g/mol. The van der Waals surface area contributed by atoms with E-state index in [0.29, 0.717) is 23.3 Å². The Morgan fingerprint density at radius 2 is 1.91 bits per heavy atom. The molecule has 3 rings (SSSR count). The Balaban J connectivity index is 1.89. The van der Waals surface area contributed by atoms with E-state index in [1.165, 1.54) is 29.4 Å². The fourth-order valence-corrected chi connectivity index (χ4v) is 4.18. The van der Waals surface area contributed by atoms with Gasteiger partial charge in [-0.3, -0.25) is 9.88 Å². The summed E-state index contributed by atoms with van der Waals surface area (Å²) in [5.41, 5.74) is 0.212. The number of rotatable bonds is 6. The van der Waals surface area contributed by atoms with Crippen LogP contribution >= 0.6 is 0 Å². The summed E-state index contributed by atoms with van der Waals surface area (Å²) < 4.78 is 52.1. The van der Waals surface area contributed by atoms with Gasteiger partial charge in [0.05, 0.1) is 6.04 Å². The highest BCUT2D eigenvalue weighted by molar-refractivity contribution is 5.76. The number of benzene rings is 1. The van der Waals surface area contributed by atoms with Gasteiger partial charge in [-0.05, 0) is 51.3 Å². The zero-order valence-corrected chi connectivity index (χ0v) is 19.3. The monoisotopic (exact) mass is 466 g/mol. The van der Waals surface area contributed by atoms with E-state index < -0.39 is 30.0 Å². The number of nitrogens with zero attached hydrogens (tertiary/aromatic N) is 2. The van der Waals surface area contributed by atoms with Crippen molar-refractivity contribution in [3.05, 3.63) is 42.2 Å². The summed E-state index contributed by atoms with van der Waals surface area (Å²) >= 11 is 0. The molecule has 1 amide bonds. The molecule has 1 aromatic carbocycles. The molecule has 9 heteroatoms. The van der Waals surface area contributed by atoms with Gasteiger partial charge >= 0.3 is 12.3 Å². The number of alkyl halides is 3. The number of pyridine rings is 1. The van der Waals surface area contributed by atoms with E-state index in [1.54, 1.807) is 12.1 Å². The minimum absolute atomic E-state index is 0.0120. The van der Waals surface area contributed by atoms with Gasteiger partial charge in [-0.25, -0.2) is 4.79 Å². The van der Waals surface area contributed by atoms with Crippen molar-refractivity contribution in [3.63, 3.8) is 0 Å². The van der Waals surface area contributed by atoms with Gasteiger partial charge in [0.15, 0.2) is 0 Å². The SMILES string of the molecule is CC(C)C[C@@H](COc1ccc2c(c1)OC(C(F)(F)F)c1ccncc1-2)N(C(=O)O)C(C)(C)C. The lowest BCUT2D eigenvalue weighted by Crippen LogP contribution is -2.53. The van der Waals surface area contributed by atoms with Crippen LogP contribution in [0.3, 0.4) is 0 Å². The lowest BCUT2D eigenvalue weighted by atomic mass is 9.94. The number of carboxylic acid groups (broad SMARTS) is 1. The molecule has 2 atom stereocenters. The summed E-state index contributed by atoms with van der Waals surface area (Å²) in [6, 6.07) is 5.56. The van der Waals surface area contributed by atoms with Crippen molar-refractivity contribution in [2.75, 3.05) is 6.61 Å². The van der Waals surface area contributed by atoms with Crippen LogP contribution in [0, 0.1) is 5.92 Å². The third-order valence-electron chi connectivity index (χ3n) is 5.40. The molecule has 0 bridgehead atoms. The van der Waals surface area contributed by atoms with Gasteiger partial charge < -0.3 is 14.6 Å². The average Bonchev–Trinajstić information content (AvgIpc) is 2.68. The van der Waals surface area contributed by atoms with Gasteiger partial charge in [0, 0.05) is 40.7 Å². The molecule has 33 heavy (non-hydrogen) atoms. The smallest absolute Gasteiger partial charge is 0.429 e. The molecular formula is C24H29F3N2O4. The summed E-state index contributed by atoms with van der Waals surface area (Å²) in [5.74, 6) is 0.558. The predicted octanol–water partition coefficient (Wildman–Crippen LogP) is 6.32. The maximum Gasteiger partial charge on any atom is 0.429 e. The fourth-order valence-electron chi connectivity index (χ4n) is 4.18. The average molecular weight is 467 g/mol. The van der Waals surface area contributed by atoms with Crippen LogP contribution in [-0.4, -0.2) is 45.4 Å².